The number of nitrogens with one attached hydrogen (secondary N) is 1. The molecule has 0 radical (unpaired) electrons. The minimum absolute atomic E-state index is 0.219. The molecule has 0 atom stereocenters. The summed E-state index contributed by atoms with van der Waals surface area (Å²) in [5.74, 6) is 1.11. The highest BCUT2D eigenvalue weighted by Gasteiger charge is 2.20. The highest BCUT2D eigenvalue weighted by Crippen LogP contribution is 2.29. The van der Waals surface area contributed by atoms with Crippen molar-refractivity contribution in [2.24, 2.45) is 0 Å². The Morgan fingerprint density at radius 1 is 0.971 bits per heavy atom. The minimum atomic E-state index is -3.80. The van der Waals surface area contributed by atoms with E-state index < -0.39 is 10.0 Å². The lowest BCUT2D eigenvalue weighted by atomic mass is 10.1. The Morgan fingerprint density at radius 3 is 2.32 bits per heavy atom. The van der Waals surface area contributed by atoms with Gasteiger partial charge in [-0.2, -0.15) is 5.10 Å². The van der Waals surface area contributed by atoms with E-state index in [0.717, 1.165) is 47.4 Å². The molecule has 3 aromatic carbocycles. The molecule has 176 valence electrons. The zero-order valence-corrected chi connectivity index (χ0v) is 20.5. The molecule has 6 nitrogen and oxygen atoms in total. The number of hydrogen-bond acceptors (Lipinski definition) is 4. The first-order valence-electron chi connectivity index (χ1n) is 11.3. The molecule has 4 rings (SSSR count). The van der Waals surface area contributed by atoms with Gasteiger partial charge in [0.05, 0.1) is 23.4 Å². The molecular formula is C27H29N3O3S. The lowest BCUT2D eigenvalue weighted by molar-refractivity contribution is 0.415. The van der Waals surface area contributed by atoms with Gasteiger partial charge in [-0.25, -0.2) is 13.1 Å². The Labute approximate surface area is 201 Å². The molecule has 0 unspecified atom stereocenters. The second-order valence-corrected chi connectivity index (χ2v) is 9.88. The van der Waals surface area contributed by atoms with Crippen molar-refractivity contribution in [3.63, 3.8) is 0 Å². The van der Waals surface area contributed by atoms with Gasteiger partial charge >= 0.3 is 0 Å². The Balaban J connectivity index is 1.72. The zero-order valence-electron chi connectivity index (χ0n) is 19.7. The van der Waals surface area contributed by atoms with Crippen LogP contribution >= 0.6 is 0 Å². The molecule has 7 heteroatoms. The molecule has 1 heterocycles. The molecule has 0 aliphatic carbocycles. The summed E-state index contributed by atoms with van der Waals surface area (Å²) in [6, 6.07) is 24.1. The molecule has 4 aromatic rings. The number of nitrogens with zero attached hydrogens (tertiary/aromatic N) is 2. The predicted octanol–water partition coefficient (Wildman–Crippen LogP) is 6.00. The van der Waals surface area contributed by atoms with Crippen molar-refractivity contribution >= 4 is 15.8 Å². The number of benzene rings is 3. The summed E-state index contributed by atoms with van der Waals surface area (Å²) in [7, 11) is -2.19. The molecule has 0 bridgehead atoms. The number of anilines is 1. The van der Waals surface area contributed by atoms with Crippen LogP contribution in [0.5, 0.6) is 5.75 Å². The lowest BCUT2D eigenvalue weighted by Crippen LogP contribution is -2.16. The first-order valence-corrected chi connectivity index (χ1v) is 12.8. The molecular weight excluding hydrogens is 446 g/mol. The second kappa shape index (κ2) is 10.1. The van der Waals surface area contributed by atoms with Gasteiger partial charge < -0.3 is 4.74 Å². The summed E-state index contributed by atoms with van der Waals surface area (Å²) < 4.78 is 36.2. The average molecular weight is 476 g/mol. The maximum Gasteiger partial charge on any atom is 0.263 e. The van der Waals surface area contributed by atoms with Crippen molar-refractivity contribution in [3.05, 3.63) is 90.0 Å². The van der Waals surface area contributed by atoms with E-state index in [9.17, 15) is 8.42 Å². The third-order valence-corrected chi connectivity index (χ3v) is 7.10. The molecule has 0 fully saturated rings. The van der Waals surface area contributed by atoms with Gasteiger partial charge in [0.25, 0.3) is 10.0 Å². The Bertz CT molecular complexity index is 1360. The fourth-order valence-corrected chi connectivity index (χ4v) is 4.79. The molecule has 1 N–H and O–H groups in total. The second-order valence-electron chi connectivity index (χ2n) is 8.19. The predicted molar refractivity (Wildman–Crippen MR) is 136 cm³/mol. The number of ether oxygens (including phenoxy) is 1. The van der Waals surface area contributed by atoms with Crippen LogP contribution in [0.4, 0.5) is 5.82 Å². The number of para-hydroxylation sites is 1. The van der Waals surface area contributed by atoms with Crippen molar-refractivity contribution in [1.82, 2.24) is 9.78 Å². The normalized spacial score (nSPS) is 11.4. The summed E-state index contributed by atoms with van der Waals surface area (Å²) in [4.78, 5) is 0.219. The topological polar surface area (TPSA) is 73.2 Å². The monoisotopic (exact) mass is 475 g/mol. The van der Waals surface area contributed by atoms with Crippen LogP contribution in [0.2, 0.25) is 0 Å². The van der Waals surface area contributed by atoms with Gasteiger partial charge in [-0.05, 0) is 73.4 Å². The van der Waals surface area contributed by atoms with E-state index in [1.165, 1.54) is 0 Å². The van der Waals surface area contributed by atoms with Crippen molar-refractivity contribution in [2.45, 2.75) is 38.0 Å². The van der Waals surface area contributed by atoms with Crippen molar-refractivity contribution < 1.29 is 13.2 Å². The summed E-state index contributed by atoms with van der Waals surface area (Å²) in [5, 5.41) is 4.74. The van der Waals surface area contributed by atoms with Gasteiger partial charge in [0.15, 0.2) is 0 Å². The number of methoxy groups -OCH3 is 1. The number of rotatable bonds is 9. The number of aromatic nitrogens is 2. The first kappa shape index (κ1) is 23.6. The van der Waals surface area contributed by atoms with Crippen LogP contribution in [0.15, 0.2) is 83.8 Å². The Morgan fingerprint density at radius 2 is 1.68 bits per heavy atom. The molecule has 0 spiro atoms. The third kappa shape index (κ3) is 5.15. The quantitative estimate of drug-likeness (QED) is 0.322. The number of hydrogen-bond donors (Lipinski definition) is 1. The molecule has 0 amide bonds. The minimum Gasteiger partial charge on any atom is -0.497 e. The SMILES string of the molecule is CCCCc1ccc(S(=O)(=O)Nc2cc(-c3ccc(OC)cc3)nn2-c2ccccc2C)cc1. The zero-order chi connectivity index (χ0) is 24.1. The molecule has 34 heavy (non-hydrogen) atoms. The fraction of sp³-hybridized carbons (Fsp3) is 0.222. The molecule has 0 aliphatic heterocycles. The van der Waals surface area contributed by atoms with Crippen LogP contribution in [0.3, 0.4) is 0 Å². The molecule has 0 aliphatic rings. The smallest absolute Gasteiger partial charge is 0.263 e. The maximum atomic E-state index is 13.3. The van der Waals surface area contributed by atoms with Crippen LogP contribution in [0.1, 0.15) is 30.9 Å². The van der Waals surface area contributed by atoms with E-state index in [0.29, 0.717) is 11.5 Å². The first-order chi connectivity index (χ1) is 16.4. The number of aryl methyl sites for hydroxylation is 2. The van der Waals surface area contributed by atoms with Gasteiger partial charge in [-0.3, -0.25) is 4.72 Å². The van der Waals surface area contributed by atoms with E-state index in [4.69, 9.17) is 9.84 Å². The third-order valence-electron chi connectivity index (χ3n) is 5.73. The van der Waals surface area contributed by atoms with Crippen molar-refractivity contribution in [1.29, 1.82) is 0 Å². The standard InChI is InChI=1S/C27H29N3O3S/c1-4-5-9-21-11-17-24(18-12-21)34(31,32)29-27-19-25(22-13-15-23(33-3)16-14-22)28-30(27)26-10-7-6-8-20(26)2/h6-8,10-19,29H,4-5,9H2,1-3H3. The molecule has 0 saturated carbocycles. The van der Waals surface area contributed by atoms with E-state index >= 15 is 0 Å². The van der Waals surface area contributed by atoms with E-state index in [1.54, 1.807) is 30.0 Å². The van der Waals surface area contributed by atoms with Crippen molar-refractivity contribution in [3.8, 4) is 22.7 Å². The number of unbranched alkanes of at least 4 members (excludes halogenated alkanes) is 1. The highest BCUT2D eigenvalue weighted by atomic mass is 32.2. The van der Waals surface area contributed by atoms with Gasteiger partial charge in [-0.1, -0.05) is 43.7 Å². The molecule has 1 aromatic heterocycles. The summed E-state index contributed by atoms with van der Waals surface area (Å²) in [6.07, 6.45) is 3.12. The van der Waals surface area contributed by atoms with E-state index in [2.05, 4.69) is 11.6 Å². The lowest BCUT2D eigenvalue weighted by Gasteiger charge is -2.12. The van der Waals surface area contributed by atoms with Gasteiger partial charge in [-0.15, -0.1) is 0 Å². The highest BCUT2D eigenvalue weighted by molar-refractivity contribution is 7.92. The largest absolute Gasteiger partial charge is 0.497 e. The van der Waals surface area contributed by atoms with Crippen LogP contribution in [0.25, 0.3) is 16.9 Å². The van der Waals surface area contributed by atoms with Crippen LogP contribution < -0.4 is 9.46 Å². The fourth-order valence-electron chi connectivity index (χ4n) is 3.75. The van der Waals surface area contributed by atoms with Gasteiger partial charge in [0.2, 0.25) is 0 Å². The van der Waals surface area contributed by atoms with Crippen LogP contribution in [-0.2, 0) is 16.4 Å². The maximum absolute atomic E-state index is 13.3. The summed E-state index contributed by atoms with van der Waals surface area (Å²) in [5.41, 5.74) is 4.42. The van der Waals surface area contributed by atoms with Crippen molar-refractivity contribution in [2.75, 3.05) is 11.8 Å². The summed E-state index contributed by atoms with van der Waals surface area (Å²) >= 11 is 0. The van der Waals surface area contributed by atoms with E-state index in [1.807, 2.05) is 67.6 Å². The van der Waals surface area contributed by atoms with E-state index in [-0.39, 0.29) is 4.90 Å². The summed E-state index contributed by atoms with van der Waals surface area (Å²) in [6.45, 7) is 4.11. The van der Waals surface area contributed by atoms with Crippen LogP contribution in [-0.4, -0.2) is 25.3 Å². The van der Waals surface area contributed by atoms with Gasteiger partial charge in [0.1, 0.15) is 11.6 Å². The number of sulfonamides is 1. The average Bonchev–Trinajstić information content (AvgIpc) is 3.26. The Hall–Kier alpha value is -3.58. The Kier molecular flexibility index (Phi) is 7.03. The molecule has 0 saturated heterocycles. The van der Waals surface area contributed by atoms with Crippen LogP contribution in [0, 0.1) is 6.92 Å². The van der Waals surface area contributed by atoms with Gasteiger partial charge in [0, 0.05) is 11.6 Å².